The van der Waals surface area contributed by atoms with E-state index in [0.29, 0.717) is 10.3 Å². The molecule has 2 aromatic heterocycles. The maximum Gasteiger partial charge on any atom is 0.314 e. The molecule has 0 unspecified atom stereocenters. The summed E-state index contributed by atoms with van der Waals surface area (Å²) in [6.07, 6.45) is 4.78. The number of benzene rings is 1. The molecule has 0 saturated carbocycles. The van der Waals surface area contributed by atoms with Gasteiger partial charge >= 0.3 is 5.69 Å². The Labute approximate surface area is 125 Å². The molecular weight excluding hydrogens is 347 g/mol. The number of hydrogen-bond acceptors (Lipinski definition) is 5. The summed E-state index contributed by atoms with van der Waals surface area (Å²) < 4.78 is 21.2. The van der Waals surface area contributed by atoms with Gasteiger partial charge in [0.1, 0.15) is 4.60 Å². The van der Waals surface area contributed by atoms with E-state index in [-0.39, 0.29) is 5.88 Å². The standard InChI is InChI=1S/C12H6BrFN4O3/c13-9-6-17-5-4-15-11(17)12(16-9)21-10-7(14)2-1-3-8(10)18(19)20/h1-6H. The van der Waals surface area contributed by atoms with E-state index in [2.05, 4.69) is 25.9 Å². The third-order valence-electron chi connectivity index (χ3n) is 2.66. The van der Waals surface area contributed by atoms with Crippen LogP contribution in [0, 0.1) is 15.9 Å². The van der Waals surface area contributed by atoms with Gasteiger partial charge < -0.3 is 4.74 Å². The third-order valence-corrected chi connectivity index (χ3v) is 3.04. The summed E-state index contributed by atoms with van der Waals surface area (Å²) in [7, 11) is 0. The summed E-state index contributed by atoms with van der Waals surface area (Å²) >= 11 is 3.18. The van der Waals surface area contributed by atoms with Crippen LogP contribution in [0.3, 0.4) is 0 Å². The Balaban J connectivity index is 2.15. The highest BCUT2D eigenvalue weighted by atomic mass is 79.9. The SMILES string of the molecule is O=[N+]([O-])c1cccc(F)c1Oc1nc(Br)cn2ccnc12. The lowest BCUT2D eigenvalue weighted by Crippen LogP contribution is -1.99. The smallest absolute Gasteiger partial charge is 0.314 e. The van der Waals surface area contributed by atoms with Crippen LogP contribution in [-0.4, -0.2) is 19.3 Å². The fourth-order valence-electron chi connectivity index (χ4n) is 1.78. The minimum absolute atomic E-state index is 0.0393. The average Bonchev–Trinajstić information content (AvgIpc) is 2.88. The predicted molar refractivity (Wildman–Crippen MR) is 73.8 cm³/mol. The van der Waals surface area contributed by atoms with Crippen LogP contribution in [0.25, 0.3) is 5.65 Å². The van der Waals surface area contributed by atoms with Crippen molar-refractivity contribution in [2.24, 2.45) is 0 Å². The maximum absolute atomic E-state index is 13.8. The fraction of sp³-hybridized carbons (Fsp3) is 0. The minimum Gasteiger partial charge on any atom is -0.425 e. The van der Waals surface area contributed by atoms with E-state index >= 15 is 0 Å². The van der Waals surface area contributed by atoms with Gasteiger partial charge in [0.05, 0.1) is 4.92 Å². The van der Waals surface area contributed by atoms with Crippen molar-refractivity contribution < 1.29 is 14.1 Å². The Kier molecular flexibility index (Phi) is 3.26. The largest absolute Gasteiger partial charge is 0.425 e. The zero-order valence-electron chi connectivity index (χ0n) is 10.2. The Bertz CT molecular complexity index is 852. The van der Waals surface area contributed by atoms with Crippen LogP contribution in [0.2, 0.25) is 0 Å². The molecule has 0 spiro atoms. The van der Waals surface area contributed by atoms with Crippen LogP contribution in [-0.2, 0) is 0 Å². The van der Waals surface area contributed by atoms with Crippen molar-refractivity contribution in [2.45, 2.75) is 0 Å². The number of aromatic nitrogens is 3. The molecule has 0 atom stereocenters. The first kappa shape index (κ1) is 13.4. The highest BCUT2D eigenvalue weighted by Gasteiger charge is 2.22. The van der Waals surface area contributed by atoms with Crippen molar-refractivity contribution in [3.05, 3.63) is 57.3 Å². The van der Waals surface area contributed by atoms with Gasteiger partial charge in [0.25, 0.3) is 5.88 Å². The fourth-order valence-corrected chi connectivity index (χ4v) is 2.16. The molecule has 3 aromatic rings. The van der Waals surface area contributed by atoms with Crippen LogP contribution >= 0.6 is 15.9 Å². The number of ether oxygens (including phenoxy) is 1. The first-order chi connectivity index (χ1) is 10.1. The highest BCUT2D eigenvalue weighted by Crippen LogP contribution is 2.34. The second-order valence-corrected chi connectivity index (χ2v) is 4.79. The van der Waals surface area contributed by atoms with Crippen molar-refractivity contribution in [2.75, 3.05) is 0 Å². The summed E-state index contributed by atoms with van der Waals surface area (Å²) in [5.41, 5.74) is -0.169. The number of nitrogens with zero attached hydrogens (tertiary/aromatic N) is 4. The predicted octanol–water partition coefficient (Wildman–Crippen LogP) is 3.33. The molecule has 0 fully saturated rings. The van der Waals surface area contributed by atoms with Gasteiger partial charge in [-0.15, -0.1) is 0 Å². The van der Waals surface area contributed by atoms with Crippen molar-refractivity contribution in [1.82, 2.24) is 14.4 Å². The van der Waals surface area contributed by atoms with Gasteiger partial charge in [0, 0.05) is 24.7 Å². The van der Waals surface area contributed by atoms with E-state index in [1.54, 1.807) is 16.8 Å². The van der Waals surface area contributed by atoms with Gasteiger partial charge in [-0.05, 0) is 22.0 Å². The molecule has 0 bridgehead atoms. The van der Waals surface area contributed by atoms with E-state index in [1.807, 2.05) is 0 Å². The summed E-state index contributed by atoms with van der Waals surface area (Å²) in [5.74, 6) is -1.39. The van der Waals surface area contributed by atoms with Gasteiger partial charge in [-0.3, -0.25) is 14.5 Å². The van der Waals surface area contributed by atoms with Gasteiger partial charge in [0.2, 0.25) is 11.4 Å². The van der Waals surface area contributed by atoms with Crippen LogP contribution < -0.4 is 4.74 Å². The number of hydrogen-bond donors (Lipinski definition) is 0. The summed E-state index contributed by atoms with van der Waals surface area (Å²) in [6.45, 7) is 0. The lowest BCUT2D eigenvalue weighted by atomic mass is 10.3. The molecule has 0 radical (unpaired) electrons. The van der Waals surface area contributed by atoms with Crippen molar-refractivity contribution in [1.29, 1.82) is 0 Å². The van der Waals surface area contributed by atoms with Crippen LogP contribution in [0.4, 0.5) is 10.1 Å². The molecule has 0 saturated heterocycles. The Hall–Kier alpha value is -2.55. The molecule has 0 aliphatic rings. The van der Waals surface area contributed by atoms with Gasteiger partial charge in [0.15, 0.2) is 5.82 Å². The van der Waals surface area contributed by atoms with Crippen molar-refractivity contribution >= 4 is 27.3 Å². The normalized spacial score (nSPS) is 10.8. The zero-order chi connectivity index (χ0) is 15.0. The van der Waals surface area contributed by atoms with Crippen molar-refractivity contribution in [3.63, 3.8) is 0 Å². The van der Waals surface area contributed by atoms with E-state index < -0.39 is 22.2 Å². The molecule has 3 rings (SSSR count). The number of imidazole rings is 1. The quantitative estimate of drug-likeness (QED) is 0.533. The lowest BCUT2D eigenvalue weighted by Gasteiger charge is -2.07. The third kappa shape index (κ3) is 2.42. The Morgan fingerprint density at radius 3 is 3.00 bits per heavy atom. The van der Waals surface area contributed by atoms with Crippen LogP contribution in [0.5, 0.6) is 11.6 Å². The first-order valence-corrected chi connectivity index (χ1v) is 6.45. The molecule has 21 heavy (non-hydrogen) atoms. The number of nitro benzene ring substituents is 1. The number of nitro groups is 1. The number of halogens is 2. The van der Waals surface area contributed by atoms with Gasteiger partial charge in [-0.1, -0.05) is 6.07 Å². The molecule has 0 amide bonds. The molecule has 1 aromatic carbocycles. The van der Waals surface area contributed by atoms with Gasteiger partial charge in [-0.25, -0.2) is 14.4 Å². The van der Waals surface area contributed by atoms with E-state index in [4.69, 9.17) is 4.74 Å². The second-order valence-electron chi connectivity index (χ2n) is 3.97. The summed E-state index contributed by atoms with van der Waals surface area (Å²) in [5, 5.41) is 11.0. The van der Waals surface area contributed by atoms with Crippen LogP contribution in [0.15, 0.2) is 41.4 Å². The van der Waals surface area contributed by atoms with Crippen LogP contribution in [0.1, 0.15) is 0 Å². The lowest BCUT2D eigenvalue weighted by molar-refractivity contribution is -0.385. The zero-order valence-corrected chi connectivity index (χ0v) is 11.8. The molecule has 9 heteroatoms. The van der Waals surface area contributed by atoms with Gasteiger partial charge in [-0.2, -0.15) is 0 Å². The molecule has 2 heterocycles. The topological polar surface area (TPSA) is 82.6 Å². The molecule has 0 aliphatic heterocycles. The molecule has 0 N–H and O–H groups in total. The number of fused-ring (bicyclic) bond motifs is 1. The molecule has 0 aliphatic carbocycles. The Morgan fingerprint density at radius 2 is 2.24 bits per heavy atom. The monoisotopic (exact) mass is 352 g/mol. The summed E-state index contributed by atoms with van der Waals surface area (Å²) in [6, 6.07) is 3.46. The van der Waals surface area contributed by atoms with E-state index in [1.165, 1.54) is 12.3 Å². The van der Waals surface area contributed by atoms with E-state index in [0.717, 1.165) is 12.1 Å². The number of para-hydroxylation sites is 1. The molecule has 106 valence electrons. The Morgan fingerprint density at radius 1 is 1.43 bits per heavy atom. The second kappa shape index (κ2) is 5.09. The molecular formula is C12H6BrFN4O3. The average molecular weight is 353 g/mol. The highest BCUT2D eigenvalue weighted by molar-refractivity contribution is 9.10. The summed E-state index contributed by atoms with van der Waals surface area (Å²) in [4.78, 5) is 18.3. The first-order valence-electron chi connectivity index (χ1n) is 5.66. The minimum atomic E-state index is -0.851. The molecule has 7 nitrogen and oxygen atoms in total. The van der Waals surface area contributed by atoms with Crippen molar-refractivity contribution in [3.8, 4) is 11.6 Å². The van der Waals surface area contributed by atoms with E-state index in [9.17, 15) is 14.5 Å². The maximum atomic E-state index is 13.8. The number of rotatable bonds is 3.